The average Bonchev–Trinajstić information content (AvgIpc) is 3.37. The normalized spacial score (nSPS) is 12.0. The highest BCUT2D eigenvalue weighted by molar-refractivity contribution is 7.86. The zero-order chi connectivity index (χ0) is 24.5. The van der Waals surface area contributed by atoms with E-state index >= 15 is 4.39 Å². The first-order valence-corrected chi connectivity index (χ1v) is 11.5. The molecule has 5 rings (SSSR count). The van der Waals surface area contributed by atoms with Gasteiger partial charge >= 0.3 is 0 Å². The van der Waals surface area contributed by atoms with Gasteiger partial charge in [0, 0.05) is 29.1 Å². The first-order chi connectivity index (χ1) is 16.9. The molecule has 176 valence electrons. The highest BCUT2D eigenvalue weighted by atomic mass is 32.2. The lowest BCUT2D eigenvalue weighted by Crippen LogP contribution is -2.18. The molecule has 0 amide bonds. The number of aromatic nitrogens is 2. The van der Waals surface area contributed by atoms with Gasteiger partial charge in [-0.3, -0.25) is 14.1 Å². The maximum atomic E-state index is 15.2. The summed E-state index contributed by atoms with van der Waals surface area (Å²) in [5.74, 6) is -0.474. The summed E-state index contributed by atoms with van der Waals surface area (Å²) >= 11 is 0. The molecule has 0 fully saturated rings. The van der Waals surface area contributed by atoms with Crippen LogP contribution in [0.15, 0.2) is 93.3 Å². The van der Waals surface area contributed by atoms with Crippen molar-refractivity contribution in [3.05, 3.63) is 101 Å². The Balaban J connectivity index is 1.61. The second-order valence-electron chi connectivity index (χ2n) is 7.49. The molecule has 0 bridgehead atoms. The smallest absolute Gasteiger partial charge is 0.255 e. The largest absolute Gasteiger partial charge is 0.495 e. The van der Waals surface area contributed by atoms with Crippen LogP contribution in [0, 0.1) is 11.6 Å². The number of methoxy groups -OCH3 is 1. The van der Waals surface area contributed by atoms with E-state index in [1.807, 2.05) is 0 Å². The zero-order valence-corrected chi connectivity index (χ0v) is 19.0. The SMILES string of the molecule is COc1cc(-c2ccc(F)cc2)c(F)cc1-n1c(=O)ccc2cc(S(=O)Nc3ccon3)ccc21. The fourth-order valence-corrected chi connectivity index (χ4v) is 4.58. The van der Waals surface area contributed by atoms with E-state index in [0.717, 1.165) is 0 Å². The summed E-state index contributed by atoms with van der Waals surface area (Å²) in [5, 5.41) is 4.28. The molecule has 1 atom stereocenters. The Bertz CT molecular complexity index is 1620. The molecule has 3 aromatic carbocycles. The number of benzene rings is 3. The van der Waals surface area contributed by atoms with Crippen molar-refractivity contribution in [2.45, 2.75) is 4.90 Å². The van der Waals surface area contributed by atoms with Crippen LogP contribution in [-0.4, -0.2) is 21.0 Å². The second-order valence-corrected chi connectivity index (χ2v) is 8.71. The van der Waals surface area contributed by atoms with Gasteiger partial charge < -0.3 is 9.26 Å². The molecule has 0 saturated heterocycles. The Kier molecular flexibility index (Phi) is 5.87. The first-order valence-electron chi connectivity index (χ1n) is 10.3. The van der Waals surface area contributed by atoms with Crippen LogP contribution in [-0.2, 0) is 11.0 Å². The minimum Gasteiger partial charge on any atom is -0.495 e. The lowest BCUT2D eigenvalue weighted by Gasteiger charge is -2.16. The van der Waals surface area contributed by atoms with Crippen LogP contribution in [0.1, 0.15) is 0 Å². The zero-order valence-electron chi connectivity index (χ0n) is 18.2. The van der Waals surface area contributed by atoms with Gasteiger partial charge in [0.15, 0.2) is 16.8 Å². The summed E-state index contributed by atoms with van der Waals surface area (Å²) in [6.07, 6.45) is 1.35. The number of pyridine rings is 1. The van der Waals surface area contributed by atoms with Crippen molar-refractivity contribution in [3.8, 4) is 22.6 Å². The number of anilines is 1. The summed E-state index contributed by atoms with van der Waals surface area (Å²) in [7, 11) is -0.217. The predicted octanol–water partition coefficient (Wildman–Crippen LogP) is 5.07. The minimum absolute atomic E-state index is 0.195. The number of nitrogens with zero attached hydrogens (tertiary/aromatic N) is 2. The van der Waals surface area contributed by atoms with Gasteiger partial charge in [-0.05, 0) is 48.0 Å². The van der Waals surface area contributed by atoms with E-state index in [2.05, 4.69) is 9.88 Å². The molecule has 0 aliphatic rings. The fourth-order valence-electron chi connectivity index (χ4n) is 3.74. The molecule has 1 N–H and O–H groups in total. The number of hydrogen-bond donors (Lipinski definition) is 1. The van der Waals surface area contributed by atoms with Gasteiger partial charge in [-0.1, -0.05) is 17.3 Å². The Morgan fingerprint density at radius 2 is 1.80 bits per heavy atom. The van der Waals surface area contributed by atoms with Crippen LogP contribution in [0.4, 0.5) is 14.6 Å². The van der Waals surface area contributed by atoms with E-state index in [1.165, 1.54) is 66.5 Å². The topological polar surface area (TPSA) is 86.4 Å². The first kappa shape index (κ1) is 22.5. The maximum absolute atomic E-state index is 15.2. The molecule has 10 heteroatoms. The van der Waals surface area contributed by atoms with Gasteiger partial charge in [0.1, 0.15) is 23.6 Å². The van der Waals surface area contributed by atoms with Crippen molar-refractivity contribution in [2.75, 3.05) is 11.8 Å². The third kappa shape index (κ3) is 4.31. The van der Waals surface area contributed by atoms with Gasteiger partial charge in [0.25, 0.3) is 5.56 Å². The molecule has 5 aromatic rings. The molecule has 2 heterocycles. The van der Waals surface area contributed by atoms with Crippen LogP contribution >= 0.6 is 0 Å². The van der Waals surface area contributed by atoms with Gasteiger partial charge in [-0.2, -0.15) is 0 Å². The lowest BCUT2D eigenvalue weighted by atomic mass is 10.0. The van der Waals surface area contributed by atoms with E-state index < -0.39 is 28.2 Å². The van der Waals surface area contributed by atoms with Crippen molar-refractivity contribution in [3.63, 3.8) is 0 Å². The average molecular weight is 493 g/mol. The summed E-state index contributed by atoms with van der Waals surface area (Å²) < 4.78 is 55.4. The van der Waals surface area contributed by atoms with Crippen molar-refractivity contribution >= 4 is 27.7 Å². The molecule has 0 aliphatic carbocycles. The van der Waals surface area contributed by atoms with Gasteiger partial charge in [-0.15, -0.1) is 0 Å². The Hall–Kier alpha value is -4.31. The minimum atomic E-state index is -1.63. The molecule has 0 radical (unpaired) electrons. The van der Waals surface area contributed by atoms with Gasteiger partial charge in [-0.25, -0.2) is 13.0 Å². The Labute approximate surface area is 200 Å². The van der Waals surface area contributed by atoms with Crippen LogP contribution in [0.5, 0.6) is 5.75 Å². The summed E-state index contributed by atoms with van der Waals surface area (Å²) in [4.78, 5) is 13.3. The molecule has 1 unspecified atom stereocenters. The fraction of sp³-hybridized carbons (Fsp3) is 0.0400. The Morgan fingerprint density at radius 3 is 2.51 bits per heavy atom. The predicted molar refractivity (Wildman–Crippen MR) is 128 cm³/mol. The van der Waals surface area contributed by atoms with E-state index in [-0.39, 0.29) is 17.0 Å². The molecular formula is C25H17F2N3O4S. The summed E-state index contributed by atoms with van der Waals surface area (Å²) in [5.41, 5.74) is 0.925. The molecule has 0 aliphatic heterocycles. The third-order valence-corrected chi connectivity index (χ3v) is 6.46. The molecule has 0 spiro atoms. The summed E-state index contributed by atoms with van der Waals surface area (Å²) in [6.45, 7) is 0. The molecular weight excluding hydrogens is 476 g/mol. The number of fused-ring (bicyclic) bond motifs is 1. The summed E-state index contributed by atoms with van der Waals surface area (Å²) in [6, 6.07) is 17.4. The highest BCUT2D eigenvalue weighted by Crippen LogP contribution is 2.33. The number of hydrogen-bond acceptors (Lipinski definition) is 5. The van der Waals surface area contributed by atoms with Crippen molar-refractivity contribution < 1.29 is 22.2 Å². The molecule has 0 saturated carbocycles. The van der Waals surface area contributed by atoms with Crippen LogP contribution < -0.4 is 15.0 Å². The van der Waals surface area contributed by atoms with Crippen molar-refractivity contribution in [2.24, 2.45) is 0 Å². The van der Waals surface area contributed by atoms with E-state index in [0.29, 0.717) is 27.2 Å². The second kappa shape index (κ2) is 9.15. The van der Waals surface area contributed by atoms with Crippen molar-refractivity contribution in [1.82, 2.24) is 9.72 Å². The van der Waals surface area contributed by atoms with E-state index in [1.54, 1.807) is 24.3 Å². The highest BCUT2D eigenvalue weighted by Gasteiger charge is 2.17. The van der Waals surface area contributed by atoms with E-state index in [4.69, 9.17) is 9.26 Å². The number of halogens is 2. The molecule has 7 nitrogen and oxygen atoms in total. The monoisotopic (exact) mass is 493 g/mol. The van der Waals surface area contributed by atoms with E-state index in [9.17, 15) is 13.4 Å². The number of nitrogens with one attached hydrogen (secondary N) is 1. The van der Waals surface area contributed by atoms with Gasteiger partial charge in [0.05, 0.1) is 23.2 Å². The quantitative estimate of drug-likeness (QED) is 0.357. The van der Waals surface area contributed by atoms with Gasteiger partial charge in [0.2, 0.25) is 0 Å². The lowest BCUT2D eigenvalue weighted by molar-refractivity contribution is 0.412. The van der Waals surface area contributed by atoms with Crippen LogP contribution in [0.25, 0.3) is 27.7 Å². The van der Waals surface area contributed by atoms with Crippen molar-refractivity contribution in [1.29, 1.82) is 0 Å². The third-order valence-electron chi connectivity index (χ3n) is 5.38. The molecule has 35 heavy (non-hydrogen) atoms. The number of rotatable bonds is 6. The maximum Gasteiger partial charge on any atom is 0.255 e. The van der Waals surface area contributed by atoms with Crippen LogP contribution in [0.2, 0.25) is 0 Å². The standard InChI is InChI=1S/C25H17F2N3O4S/c1-33-23-13-19(15-2-5-17(26)6-3-15)20(27)14-22(23)30-21-8-7-18(12-16(21)4-9-25(30)31)35(32)29-24-10-11-34-28-24/h2-14H,1H3,(H,28,29). The number of ether oxygens (including phenoxy) is 1. The molecule has 2 aromatic heterocycles. The Morgan fingerprint density at radius 1 is 1.00 bits per heavy atom. The van der Waals surface area contributed by atoms with Crippen LogP contribution in [0.3, 0.4) is 0 Å².